The summed E-state index contributed by atoms with van der Waals surface area (Å²) >= 11 is 9.73. The van der Waals surface area contributed by atoms with Gasteiger partial charge in [0.05, 0.1) is 42.4 Å². The highest BCUT2D eigenvalue weighted by Gasteiger charge is 2.24. The van der Waals surface area contributed by atoms with Gasteiger partial charge in [0, 0.05) is 12.7 Å². The van der Waals surface area contributed by atoms with Crippen LogP contribution in [-0.2, 0) is 11.3 Å². The van der Waals surface area contributed by atoms with E-state index in [-0.39, 0.29) is 6.04 Å². The monoisotopic (exact) mass is 361 g/mol. The lowest BCUT2D eigenvalue weighted by Crippen LogP contribution is -2.25. The smallest absolute Gasteiger partial charge is 0.174 e. The van der Waals surface area contributed by atoms with Crippen LogP contribution >= 0.6 is 27.5 Å². The number of nitrogens with one attached hydrogen (secondary N) is 1. The van der Waals surface area contributed by atoms with Crippen molar-refractivity contribution in [1.82, 2.24) is 15.1 Å². The van der Waals surface area contributed by atoms with Gasteiger partial charge in [-0.2, -0.15) is 5.10 Å². The zero-order valence-electron chi connectivity index (χ0n) is 11.4. The molecule has 0 spiro atoms. The van der Waals surface area contributed by atoms with Crippen molar-refractivity contribution in [3.05, 3.63) is 39.5 Å². The second kappa shape index (κ2) is 7.26. The number of aromatic nitrogens is 2. The molecule has 2 aromatic rings. The SMILES string of the molecule is CCNC(c1ccoc1Br)c1c(Cl)cnn1CCOC. The van der Waals surface area contributed by atoms with E-state index in [0.717, 1.165) is 17.8 Å². The molecule has 0 aromatic carbocycles. The van der Waals surface area contributed by atoms with E-state index in [9.17, 15) is 0 Å². The van der Waals surface area contributed by atoms with Gasteiger partial charge >= 0.3 is 0 Å². The Morgan fingerprint density at radius 3 is 3.00 bits per heavy atom. The van der Waals surface area contributed by atoms with Crippen molar-refractivity contribution in [3.63, 3.8) is 0 Å². The van der Waals surface area contributed by atoms with Gasteiger partial charge in [0.15, 0.2) is 4.67 Å². The first-order valence-corrected chi connectivity index (χ1v) is 7.52. The van der Waals surface area contributed by atoms with Crippen LogP contribution in [0.15, 0.2) is 27.6 Å². The average Bonchev–Trinajstić information content (AvgIpc) is 3.01. The maximum Gasteiger partial charge on any atom is 0.174 e. The summed E-state index contributed by atoms with van der Waals surface area (Å²) in [5.41, 5.74) is 1.90. The molecule has 1 N–H and O–H groups in total. The molecule has 20 heavy (non-hydrogen) atoms. The van der Waals surface area contributed by atoms with E-state index in [2.05, 4.69) is 26.3 Å². The summed E-state index contributed by atoms with van der Waals surface area (Å²) in [6.45, 7) is 4.07. The second-order valence-corrected chi connectivity index (χ2v) is 5.36. The second-order valence-electron chi connectivity index (χ2n) is 4.23. The molecule has 7 heteroatoms. The Morgan fingerprint density at radius 1 is 1.60 bits per heavy atom. The molecule has 1 unspecified atom stereocenters. The third-order valence-electron chi connectivity index (χ3n) is 2.98. The molecule has 2 rings (SSSR count). The molecule has 2 aromatic heterocycles. The molecule has 2 heterocycles. The van der Waals surface area contributed by atoms with Gasteiger partial charge in [0.2, 0.25) is 0 Å². The Kier molecular flexibility index (Phi) is 5.65. The van der Waals surface area contributed by atoms with Gasteiger partial charge in [-0.3, -0.25) is 4.68 Å². The van der Waals surface area contributed by atoms with Crippen molar-refractivity contribution in [3.8, 4) is 0 Å². The predicted molar refractivity (Wildman–Crippen MR) is 81.0 cm³/mol. The van der Waals surface area contributed by atoms with Gasteiger partial charge in [0.25, 0.3) is 0 Å². The standard InChI is InChI=1S/C13H17BrClN3O2/c1-3-16-11(9-4-6-20-13(9)14)12-10(15)8-17-18(12)5-7-19-2/h4,6,8,11,16H,3,5,7H2,1-2H3. The molecular weight excluding hydrogens is 346 g/mol. The fourth-order valence-electron chi connectivity index (χ4n) is 2.08. The van der Waals surface area contributed by atoms with E-state index in [0.29, 0.717) is 22.8 Å². The predicted octanol–water partition coefficient (Wildman–Crippen LogP) is 3.24. The normalized spacial score (nSPS) is 12.8. The first-order valence-electron chi connectivity index (χ1n) is 6.35. The zero-order valence-corrected chi connectivity index (χ0v) is 13.7. The molecule has 0 saturated heterocycles. The topological polar surface area (TPSA) is 52.2 Å². The third kappa shape index (κ3) is 3.25. The summed E-state index contributed by atoms with van der Waals surface area (Å²) in [5.74, 6) is 0. The molecule has 5 nitrogen and oxygen atoms in total. The molecule has 0 radical (unpaired) electrons. The lowest BCUT2D eigenvalue weighted by molar-refractivity contribution is 0.182. The lowest BCUT2D eigenvalue weighted by atomic mass is 10.1. The van der Waals surface area contributed by atoms with Crippen LogP contribution in [0, 0.1) is 0 Å². The molecule has 0 fully saturated rings. The van der Waals surface area contributed by atoms with Gasteiger partial charge in [-0.25, -0.2) is 0 Å². The number of halogens is 2. The Bertz CT molecular complexity index is 556. The van der Waals surface area contributed by atoms with Crippen molar-refractivity contribution in [2.24, 2.45) is 0 Å². The number of methoxy groups -OCH3 is 1. The quantitative estimate of drug-likeness (QED) is 0.821. The van der Waals surface area contributed by atoms with Crippen LogP contribution in [0.2, 0.25) is 5.02 Å². The molecule has 1 atom stereocenters. The number of hydrogen-bond acceptors (Lipinski definition) is 4. The maximum absolute atomic E-state index is 6.31. The fourth-order valence-corrected chi connectivity index (χ4v) is 2.80. The Labute approximate surface area is 131 Å². The average molecular weight is 363 g/mol. The number of nitrogens with zero attached hydrogens (tertiary/aromatic N) is 2. The van der Waals surface area contributed by atoms with Gasteiger partial charge in [-0.05, 0) is 28.5 Å². The molecule has 0 aliphatic heterocycles. The summed E-state index contributed by atoms with van der Waals surface area (Å²) in [6, 6.07) is 1.83. The summed E-state index contributed by atoms with van der Waals surface area (Å²) in [5, 5.41) is 8.35. The van der Waals surface area contributed by atoms with Crippen LogP contribution in [-0.4, -0.2) is 30.0 Å². The Hall–Kier alpha value is -0.820. The third-order valence-corrected chi connectivity index (χ3v) is 3.92. The number of ether oxygens (including phenoxy) is 1. The molecule has 0 aliphatic carbocycles. The molecule has 0 saturated carbocycles. The molecule has 0 aliphatic rings. The summed E-state index contributed by atoms with van der Waals surface area (Å²) in [7, 11) is 1.67. The first kappa shape index (κ1) is 15.6. The van der Waals surface area contributed by atoms with Crippen molar-refractivity contribution >= 4 is 27.5 Å². The number of hydrogen-bond donors (Lipinski definition) is 1. The van der Waals surface area contributed by atoms with Crippen molar-refractivity contribution in [2.75, 3.05) is 20.3 Å². The van der Waals surface area contributed by atoms with Crippen molar-refractivity contribution < 1.29 is 9.15 Å². The van der Waals surface area contributed by atoms with Gasteiger partial charge in [0.1, 0.15) is 0 Å². The van der Waals surface area contributed by atoms with E-state index < -0.39 is 0 Å². The van der Waals surface area contributed by atoms with Gasteiger partial charge < -0.3 is 14.5 Å². The molecule has 110 valence electrons. The van der Waals surface area contributed by atoms with Crippen LogP contribution in [0.4, 0.5) is 0 Å². The first-order chi connectivity index (χ1) is 9.69. The Morgan fingerprint density at radius 2 is 2.40 bits per heavy atom. The van der Waals surface area contributed by atoms with Crippen LogP contribution in [0.3, 0.4) is 0 Å². The fraction of sp³-hybridized carbons (Fsp3) is 0.462. The van der Waals surface area contributed by atoms with Crippen LogP contribution in [0.1, 0.15) is 24.2 Å². The largest absolute Gasteiger partial charge is 0.457 e. The number of rotatable bonds is 7. The molecule has 0 bridgehead atoms. The lowest BCUT2D eigenvalue weighted by Gasteiger charge is -2.19. The number of furan rings is 1. The molecule has 0 amide bonds. The maximum atomic E-state index is 6.31. The van der Waals surface area contributed by atoms with Crippen LogP contribution in [0.5, 0.6) is 0 Å². The van der Waals surface area contributed by atoms with E-state index in [1.165, 1.54) is 0 Å². The van der Waals surface area contributed by atoms with Gasteiger partial charge in [-0.15, -0.1) is 0 Å². The van der Waals surface area contributed by atoms with E-state index >= 15 is 0 Å². The van der Waals surface area contributed by atoms with E-state index in [1.807, 2.05) is 17.7 Å². The van der Waals surface area contributed by atoms with Crippen LogP contribution < -0.4 is 5.32 Å². The Balaban J connectivity index is 2.39. The van der Waals surface area contributed by atoms with Gasteiger partial charge in [-0.1, -0.05) is 18.5 Å². The summed E-state index contributed by atoms with van der Waals surface area (Å²) in [4.78, 5) is 0. The minimum absolute atomic E-state index is 0.0834. The van der Waals surface area contributed by atoms with Crippen molar-refractivity contribution in [2.45, 2.75) is 19.5 Å². The highest BCUT2D eigenvalue weighted by molar-refractivity contribution is 9.10. The zero-order chi connectivity index (χ0) is 14.5. The van der Waals surface area contributed by atoms with Crippen LogP contribution in [0.25, 0.3) is 0 Å². The van der Waals surface area contributed by atoms with E-state index in [1.54, 1.807) is 19.6 Å². The highest BCUT2D eigenvalue weighted by atomic mass is 79.9. The van der Waals surface area contributed by atoms with E-state index in [4.69, 9.17) is 20.8 Å². The minimum Gasteiger partial charge on any atom is -0.457 e. The molecular formula is C13H17BrClN3O2. The summed E-state index contributed by atoms with van der Waals surface area (Å²) < 4.78 is 13.0. The van der Waals surface area contributed by atoms with Crippen molar-refractivity contribution in [1.29, 1.82) is 0 Å². The highest BCUT2D eigenvalue weighted by Crippen LogP contribution is 2.33. The minimum atomic E-state index is -0.0834. The summed E-state index contributed by atoms with van der Waals surface area (Å²) in [6.07, 6.45) is 3.30.